The first kappa shape index (κ1) is 22.1. The molecule has 5 rings (SSSR count). The number of aromatic nitrogens is 6. The normalized spacial score (nSPS) is 18.2. The fourth-order valence-corrected chi connectivity index (χ4v) is 4.03. The zero-order valence-corrected chi connectivity index (χ0v) is 18.6. The van der Waals surface area contributed by atoms with Crippen LogP contribution in [0.5, 0.6) is 5.75 Å². The maximum absolute atomic E-state index is 14.7. The van der Waals surface area contributed by atoms with Crippen molar-refractivity contribution in [1.29, 1.82) is 0 Å². The first-order valence-electron chi connectivity index (χ1n) is 10.8. The first-order chi connectivity index (χ1) is 16.3. The predicted octanol–water partition coefficient (Wildman–Crippen LogP) is 3.82. The van der Waals surface area contributed by atoms with Gasteiger partial charge in [-0.15, -0.1) is 0 Å². The molecule has 0 spiro atoms. The van der Waals surface area contributed by atoms with E-state index in [1.54, 1.807) is 41.9 Å². The minimum atomic E-state index is -2.89. The Labute approximate surface area is 193 Å². The van der Waals surface area contributed by atoms with Crippen LogP contribution in [-0.4, -0.2) is 54.7 Å². The van der Waals surface area contributed by atoms with E-state index < -0.39 is 12.2 Å². The molecule has 0 saturated carbocycles. The van der Waals surface area contributed by atoms with Crippen molar-refractivity contribution in [3.05, 3.63) is 48.2 Å². The second kappa shape index (κ2) is 8.60. The molecule has 4 aromatic rings. The van der Waals surface area contributed by atoms with E-state index >= 15 is 0 Å². The molecule has 1 saturated heterocycles. The van der Waals surface area contributed by atoms with Crippen molar-refractivity contribution in [3.8, 4) is 17.0 Å². The molecular formula is C22H23F3N8O. The Kier molecular flexibility index (Phi) is 5.60. The van der Waals surface area contributed by atoms with Gasteiger partial charge in [0.2, 0.25) is 0 Å². The summed E-state index contributed by atoms with van der Waals surface area (Å²) in [5, 5.41) is 14.3. The molecule has 1 fully saturated rings. The van der Waals surface area contributed by atoms with Crippen LogP contribution in [0.25, 0.3) is 16.8 Å². The third kappa shape index (κ3) is 4.40. The van der Waals surface area contributed by atoms with E-state index in [1.807, 2.05) is 6.92 Å². The summed E-state index contributed by atoms with van der Waals surface area (Å²) in [6, 6.07) is 6.89. The third-order valence-corrected chi connectivity index (χ3v) is 5.58. The maximum Gasteiger partial charge on any atom is 0.333 e. The summed E-state index contributed by atoms with van der Waals surface area (Å²) in [4.78, 5) is 8.59. The lowest BCUT2D eigenvalue weighted by Crippen LogP contribution is -2.33. The van der Waals surface area contributed by atoms with Gasteiger partial charge in [0.1, 0.15) is 23.9 Å². The number of anilines is 2. The molecule has 4 aromatic heterocycles. The standard InChI is InChI=1S/C22H23F3N8O/c1-13-7-18(29-14(2)28-13)30-19-9-16-8-15(3-6-32(16)31-19)20-17(10-27-33(20)21(23)24)34-12-22(25)4-5-26-11-22/h3,6-10,21,26H,4-5,11-12H2,1-2H3,(H,28,29,30,31). The Morgan fingerprint density at radius 2 is 2.06 bits per heavy atom. The summed E-state index contributed by atoms with van der Waals surface area (Å²) < 4.78 is 50.0. The highest BCUT2D eigenvalue weighted by molar-refractivity contribution is 5.73. The second-order valence-corrected chi connectivity index (χ2v) is 8.33. The molecule has 5 heterocycles. The zero-order valence-electron chi connectivity index (χ0n) is 18.6. The third-order valence-electron chi connectivity index (χ3n) is 5.58. The van der Waals surface area contributed by atoms with Gasteiger partial charge >= 0.3 is 6.55 Å². The number of halogens is 3. The highest BCUT2D eigenvalue weighted by Gasteiger charge is 2.35. The van der Waals surface area contributed by atoms with Gasteiger partial charge in [-0.1, -0.05) is 0 Å². The van der Waals surface area contributed by atoms with Crippen LogP contribution in [0.4, 0.5) is 24.8 Å². The average Bonchev–Trinajstić information content (AvgIpc) is 3.48. The van der Waals surface area contributed by atoms with Crippen molar-refractivity contribution in [1.82, 2.24) is 34.7 Å². The molecule has 1 unspecified atom stereocenters. The fraction of sp³-hybridized carbons (Fsp3) is 0.364. The van der Waals surface area contributed by atoms with Crippen molar-refractivity contribution in [2.45, 2.75) is 32.5 Å². The summed E-state index contributed by atoms with van der Waals surface area (Å²) >= 11 is 0. The predicted molar refractivity (Wildman–Crippen MR) is 119 cm³/mol. The first-order valence-corrected chi connectivity index (χ1v) is 10.8. The Bertz CT molecular complexity index is 1310. The summed E-state index contributed by atoms with van der Waals surface area (Å²) in [7, 11) is 0. The monoisotopic (exact) mass is 472 g/mol. The molecule has 9 nitrogen and oxygen atoms in total. The van der Waals surface area contributed by atoms with Crippen molar-refractivity contribution < 1.29 is 17.9 Å². The minimum absolute atomic E-state index is 0.0739. The number of rotatable bonds is 7. The van der Waals surface area contributed by atoms with E-state index in [9.17, 15) is 13.2 Å². The molecule has 178 valence electrons. The number of aryl methyl sites for hydroxylation is 2. The smallest absolute Gasteiger partial charge is 0.333 e. The van der Waals surface area contributed by atoms with Gasteiger partial charge in [-0.25, -0.2) is 18.9 Å². The highest BCUT2D eigenvalue weighted by atomic mass is 19.3. The van der Waals surface area contributed by atoms with Crippen LogP contribution in [-0.2, 0) is 0 Å². The minimum Gasteiger partial charge on any atom is -0.486 e. The Morgan fingerprint density at radius 1 is 1.21 bits per heavy atom. The number of hydrogen-bond donors (Lipinski definition) is 2. The fourth-order valence-electron chi connectivity index (χ4n) is 4.03. The van der Waals surface area contributed by atoms with Gasteiger partial charge < -0.3 is 15.4 Å². The Balaban J connectivity index is 1.45. The number of fused-ring (bicyclic) bond motifs is 1. The molecule has 2 N–H and O–H groups in total. The molecule has 1 aliphatic rings. The van der Waals surface area contributed by atoms with Crippen LogP contribution in [0.15, 0.2) is 36.7 Å². The van der Waals surface area contributed by atoms with Gasteiger partial charge in [-0.3, -0.25) is 0 Å². The molecule has 0 aromatic carbocycles. The van der Waals surface area contributed by atoms with Gasteiger partial charge in [-0.05, 0) is 38.9 Å². The van der Waals surface area contributed by atoms with Crippen LogP contribution in [0, 0.1) is 13.8 Å². The Morgan fingerprint density at radius 3 is 2.79 bits per heavy atom. The number of nitrogens with zero attached hydrogens (tertiary/aromatic N) is 6. The number of alkyl halides is 3. The molecule has 12 heteroatoms. The molecule has 0 amide bonds. The van der Waals surface area contributed by atoms with E-state index in [0.29, 0.717) is 46.2 Å². The number of ether oxygens (including phenoxy) is 1. The van der Waals surface area contributed by atoms with E-state index in [-0.39, 0.29) is 24.6 Å². The molecule has 0 aliphatic carbocycles. The molecule has 34 heavy (non-hydrogen) atoms. The van der Waals surface area contributed by atoms with Crippen LogP contribution in [0.1, 0.15) is 24.5 Å². The van der Waals surface area contributed by atoms with Crippen molar-refractivity contribution >= 4 is 17.2 Å². The molecular weight excluding hydrogens is 449 g/mol. The lowest BCUT2D eigenvalue weighted by atomic mass is 10.1. The van der Waals surface area contributed by atoms with Crippen LogP contribution >= 0.6 is 0 Å². The van der Waals surface area contributed by atoms with Crippen molar-refractivity contribution in [2.24, 2.45) is 0 Å². The Hall–Kier alpha value is -3.67. The van der Waals surface area contributed by atoms with Gasteiger partial charge in [0, 0.05) is 36.1 Å². The van der Waals surface area contributed by atoms with Crippen molar-refractivity contribution in [3.63, 3.8) is 0 Å². The molecule has 1 aliphatic heterocycles. The van der Waals surface area contributed by atoms with E-state index in [4.69, 9.17) is 4.74 Å². The topological polar surface area (TPSA) is 94.2 Å². The van der Waals surface area contributed by atoms with Gasteiger partial charge in [0.25, 0.3) is 0 Å². The molecule has 0 radical (unpaired) electrons. The van der Waals surface area contributed by atoms with Gasteiger partial charge in [0.05, 0.1) is 11.7 Å². The van der Waals surface area contributed by atoms with E-state index in [2.05, 4.69) is 30.8 Å². The quantitative estimate of drug-likeness (QED) is 0.422. The summed E-state index contributed by atoms with van der Waals surface area (Å²) in [5.41, 5.74) is 0.440. The number of hydrogen-bond acceptors (Lipinski definition) is 7. The highest BCUT2D eigenvalue weighted by Crippen LogP contribution is 2.35. The maximum atomic E-state index is 14.7. The second-order valence-electron chi connectivity index (χ2n) is 8.33. The van der Waals surface area contributed by atoms with Crippen LogP contribution in [0.2, 0.25) is 0 Å². The van der Waals surface area contributed by atoms with Gasteiger partial charge in [-0.2, -0.15) is 23.7 Å². The summed E-state index contributed by atoms with van der Waals surface area (Å²) in [6.45, 7) is 1.24. The largest absolute Gasteiger partial charge is 0.486 e. The van der Waals surface area contributed by atoms with Crippen LogP contribution in [0.3, 0.4) is 0 Å². The van der Waals surface area contributed by atoms with Crippen molar-refractivity contribution in [2.75, 3.05) is 25.0 Å². The summed E-state index contributed by atoms with van der Waals surface area (Å²) in [5.74, 6) is 1.85. The summed E-state index contributed by atoms with van der Waals surface area (Å²) in [6.07, 6.45) is 3.14. The van der Waals surface area contributed by atoms with E-state index in [0.717, 1.165) is 5.69 Å². The van der Waals surface area contributed by atoms with Gasteiger partial charge in [0.15, 0.2) is 17.2 Å². The number of nitrogens with one attached hydrogen (secondary N) is 2. The number of pyridine rings is 1. The van der Waals surface area contributed by atoms with E-state index in [1.165, 1.54) is 6.20 Å². The zero-order chi connectivity index (χ0) is 23.9. The lowest BCUT2D eigenvalue weighted by molar-refractivity contribution is 0.0579. The lowest BCUT2D eigenvalue weighted by Gasteiger charge is -2.19. The van der Waals surface area contributed by atoms with Crippen LogP contribution < -0.4 is 15.4 Å². The average molecular weight is 472 g/mol. The molecule has 1 atom stereocenters. The SMILES string of the molecule is Cc1cc(Nc2cc3cc(-c4c(OCC5(F)CCNC5)cnn4C(F)F)ccn3n2)nc(C)n1. The molecule has 0 bridgehead atoms.